The molecule has 7 nitrogen and oxygen atoms in total. The Hall–Kier alpha value is -2.70. The molecule has 29 heavy (non-hydrogen) atoms. The molecule has 1 aliphatic rings. The summed E-state index contributed by atoms with van der Waals surface area (Å²) in [5, 5.41) is 11.1. The number of benzene rings is 1. The van der Waals surface area contributed by atoms with Crippen molar-refractivity contribution in [2.75, 3.05) is 38.7 Å². The first-order valence-electron chi connectivity index (χ1n) is 10.5. The minimum absolute atomic E-state index is 0.577. The van der Waals surface area contributed by atoms with Crippen molar-refractivity contribution in [2.45, 2.75) is 39.7 Å². The number of rotatable bonds is 8. The van der Waals surface area contributed by atoms with Gasteiger partial charge in [0.2, 0.25) is 0 Å². The maximum atomic E-state index is 5.45. The van der Waals surface area contributed by atoms with Gasteiger partial charge in [-0.05, 0) is 30.9 Å². The Morgan fingerprint density at radius 3 is 2.90 bits per heavy atom. The zero-order chi connectivity index (χ0) is 20.6. The first-order chi connectivity index (χ1) is 14.2. The summed E-state index contributed by atoms with van der Waals surface area (Å²) in [6, 6.07) is 8.28. The molecule has 1 fully saturated rings. The lowest BCUT2D eigenvalue weighted by molar-refractivity contribution is 0.380. The van der Waals surface area contributed by atoms with Crippen LogP contribution in [-0.2, 0) is 19.4 Å². The average Bonchev–Trinajstić information content (AvgIpc) is 3.40. The van der Waals surface area contributed by atoms with Crippen LogP contribution < -0.4 is 20.3 Å². The van der Waals surface area contributed by atoms with Crippen LogP contribution in [0.2, 0.25) is 0 Å². The first-order valence-corrected chi connectivity index (χ1v) is 10.5. The molecule has 0 amide bonds. The number of aliphatic imine (C=N–C) groups is 1. The van der Waals surface area contributed by atoms with E-state index in [1.54, 1.807) is 7.11 Å². The number of ether oxygens (including phenoxy) is 1. The van der Waals surface area contributed by atoms with Crippen LogP contribution in [0.15, 0.2) is 33.8 Å². The Bertz CT molecular complexity index is 796. The van der Waals surface area contributed by atoms with Crippen molar-refractivity contribution in [3.05, 3.63) is 41.3 Å². The van der Waals surface area contributed by atoms with Crippen molar-refractivity contribution >= 4 is 11.6 Å². The predicted molar refractivity (Wildman–Crippen MR) is 117 cm³/mol. The third-order valence-electron chi connectivity index (χ3n) is 5.53. The van der Waals surface area contributed by atoms with Gasteiger partial charge in [-0.15, -0.1) is 0 Å². The maximum Gasteiger partial charge on any atom is 0.191 e. The normalized spacial score (nSPS) is 16.9. The molecule has 1 aromatic heterocycles. The molecule has 0 saturated carbocycles. The van der Waals surface area contributed by atoms with E-state index in [1.165, 1.54) is 5.69 Å². The highest BCUT2D eigenvalue weighted by Crippen LogP contribution is 2.26. The second-order valence-electron chi connectivity index (χ2n) is 7.35. The Morgan fingerprint density at radius 1 is 1.31 bits per heavy atom. The fourth-order valence-electron chi connectivity index (χ4n) is 3.81. The van der Waals surface area contributed by atoms with Crippen molar-refractivity contribution in [1.29, 1.82) is 0 Å². The molecule has 2 N–H and O–H groups in total. The second kappa shape index (κ2) is 10.2. The number of aromatic nitrogens is 1. The minimum Gasteiger partial charge on any atom is -0.497 e. The van der Waals surface area contributed by atoms with E-state index in [1.807, 2.05) is 19.2 Å². The van der Waals surface area contributed by atoms with Gasteiger partial charge in [-0.1, -0.05) is 25.1 Å². The highest BCUT2D eigenvalue weighted by molar-refractivity contribution is 5.79. The standard InChI is InChI=1S/C22H33N5O2/c1-5-20-19(21(6-2)29-26-20)14-25-22(23-3)24-13-16-10-11-27(15-16)17-8-7-9-18(12-17)28-4/h7-9,12,16H,5-6,10-11,13-15H2,1-4H3,(H2,23,24,25). The molecule has 0 radical (unpaired) electrons. The van der Waals surface area contributed by atoms with Gasteiger partial charge in [-0.2, -0.15) is 0 Å². The molecule has 7 heteroatoms. The van der Waals surface area contributed by atoms with Crippen LogP contribution in [-0.4, -0.2) is 44.9 Å². The van der Waals surface area contributed by atoms with E-state index in [0.29, 0.717) is 12.5 Å². The molecule has 0 spiro atoms. The van der Waals surface area contributed by atoms with Gasteiger partial charge < -0.3 is 24.8 Å². The predicted octanol–water partition coefficient (Wildman–Crippen LogP) is 3.00. The molecule has 3 rings (SSSR count). The third-order valence-corrected chi connectivity index (χ3v) is 5.53. The van der Waals surface area contributed by atoms with Crippen LogP contribution in [0.4, 0.5) is 5.69 Å². The van der Waals surface area contributed by atoms with Gasteiger partial charge in [0.05, 0.1) is 12.8 Å². The van der Waals surface area contributed by atoms with Crippen LogP contribution in [0.1, 0.15) is 37.3 Å². The van der Waals surface area contributed by atoms with Gasteiger partial charge in [0.25, 0.3) is 0 Å². The van der Waals surface area contributed by atoms with Gasteiger partial charge in [0.1, 0.15) is 11.5 Å². The fraction of sp³-hybridized carbons (Fsp3) is 0.545. The third kappa shape index (κ3) is 5.22. The summed E-state index contributed by atoms with van der Waals surface area (Å²) in [6.45, 7) is 7.85. The van der Waals surface area contributed by atoms with Crippen molar-refractivity contribution < 1.29 is 9.26 Å². The quantitative estimate of drug-likeness (QED) is 0.525. The van der Waals surface area contributed by atoms with Crippen LogP contribution in [0.5, 0.6) is 5.75 Å². The summed E-state index contributed by atoms with van der Waals surface area (Å²) < 4.78 is 10.8. The highest BCUT2D eigenvalue weighted by Gasteiger charge is 2.23. The summed E-state index contributed by atoms with van der Waals surface area (Å²) in [7, 11) is 3.52. The molecule has 0 bridgehead atoms. The molecule has 0 aliphatic carbocycles. The van der Waals surface area contributed by atoms with E-state index in [2.05, 4.69) is 51.7 Å². The molecule has 1 atom stereocenters. The van der Waals surface area contributed by atoms with E-state index in [0.717, 1.165) is 67.6 Å². The lowest BCUT2D eigenvalue weighted by Crippen LogP contribution is -2.40. The largest absolute Gasteiger partial charge is 0.497 e. The van der Waals surface area contributed by atoms with Crippen LogP contribution in [0.25, 0.3) is 0 Å². The Balaban J connectivity index is 1.49. The average molecular weight is 400 g/mol. The molecule has 1 saturated heterocycles. The minimum atomic E-state index is 0.577. The van der Waals surface area contributed by atoms with Gasteiger partial charge in [-0.3, -0.25) is 4.99 Å². The number of aryl methyl sites for hydroxylation is 2. The summed E-state index contributed by atoms with van der Waals surface area (Å²) in [6.07, 6.45) is 2.87. The van der Waals surface area contributed by atoms with E-state index in [4.69, 9.17) is 9.26 Å². The summed E-state index contributed by atoms with van der Waals surface area (Å²) in [4.78, 5) is 6.79. The van der Waals surface area contributed by atoms with E-state index >= 15 is 0 Å². The fourth-order valence-corrected chi connectivity index (χ4v) is 3.81. The number of nitrogens with zero attached hydrogens (tertiary/aromatic N) is 3. The summed E-state index contributed by atoms with van der Waals surface area (Å²) in [5.74, 6) is 3.25. The molecule has 2 heterocycles. The molecule has 2 aromatic rings. The smallest absolute Gasteiger partial charge is 0.191 e. The van der Waals surface area contributed by atoms with E-state index in [-0.39, 0.29) is 0 Å². The number of guanidine groups is 1. The number of hydrogen-bond donors (Lipinski definition) is 2. The van der Waals surface area contributed by atoms with Crippen molar-refractivity contribution in [3.8, 4) is 5.75 Å². The Morgan fingerprint density at radius 2 is 2.17 bits per heavy atom. The zero-order valence-corrected chi connectivity index (χ0v) is 18.0. The van der Waals surface area contributed by atoms with Gasteiger partial charge in [0, 0.05) is 57.0 Å². The van der Waals surface area contributed by atoms with Gasteiger partial charge in [0.15, 0.2) is 5.96 Å². The highest BCUT2D eigenvalue weighted by atomic mass is 16.5. The van der Waals surface area contributed by atoms with Crippen LogP contribution in [0.3, 0.4) is 0 Å². The van der Waals surface area contributed by atoms with Crippen molar-refractivity contribution in [2.24, 2.45) is 10.9 Å². The second-order valence-corrected chi connectivity index (χ2v) is 7.35. The number of anilines is 1. The number of methoxy groups -OCH3 is 1. The van der Waals surface area contributed by atoms with Gasteiger partial charge >= 0.3 is 0 Å². The maximum absolute atomic E-state index is 5.45. The van der Waals surface area contributed by atoms with Crippen molar-refractivity contribution in [3.63, 3.8) is 0 Å². The molecule has 1 aromatic carbocycles. The number of nitrogens with one attached hydrogen (secondary N) is 2. The first kappa shape index (κ1) is 21.0. The topological polar surface area (TPSA) is 74.9 Å². The molecule has 1 unspecified atom stereocenters. The van der Waals surface area contributed by atoms with E-state index < -0.39 is 0 Å². The molecular weight excluding hydrogens is 366 g/mol. The molecule has 1 aliphatic heterocycles. The lowest BCUT2D eigenvalue weighted by atomic mass is 10.1. The number of hydrogen-bond acceptors (Lipinski definition) is 5. The Kier molecular flexibility index (Phi) is 7.38. The van der Waals surface area contributed by atoms with Crippen molar-refractivity contribution in [1.82, 2.24) is 15.8 Å². The van der Waals surface area contributed by atoms with Crippen LogP contribution in [0, 0.1) is 5.92 Å². The summed E-state index contributed by atoms with van der Waals surface area (Å²) >= 11 is 0. The lowest BCUT2D eigenvalue weighted by Gasteiger charge is -2.20. The van der Waals surface area contributed by atoms with Crippen LogP contribution >= 0.6 is 0 Å². The van der Waals surface area contributed by atoms with E-state index in [9.17, 15) is 0 Å². The molecule has 158 valence electrons. The monoisotopic (exact) mass is 399 g/mol. The SMILES string of the molecule is CCc1noc(CC)c1CNC(=NC)NCC1CCN(c2cccc(OC)c2)C1. The zero-order valence-electron chi connectivity index (χ0n) is 18.0. The molecular formula is C22H33N5O2. The summed E-state index contributed by atoms with van der Waals surface area (Å²) in [5.41, 5.74) is 3.40. The Labute approximate surface area is 173 Å². The van der Waals surface area contributed by atoms with Gasteiger partial charge in [-0.25, -0.2) is 0 Å².